The molecule has 0 saturated heterocycles. The highest BCUT2D eigenvalue weighted by Gasteiger charge is 2.17. The zero-order valence-corrected chi connectivity index (χ0v) is 11.8. The summed E-state index contributed by atoms with van der Waals surface area (Å²) < 4.78 is 39.6. The largest absolute Gasteiger partial charge is 0.396 e. The summed E-state index contributed by atoms with van der Waals surface area (Å²) in [6.07, 6.45) is 0.345. The molecule has 1 rings (SSSR count). The first-order valence-corrected chi connectivity index (χ1v) is 7.49. The van der Waals surface area contributed by atoms with E-state index in [1.165, 1.54) is 13.0 Å². The molecule has 0 amide bonds. The van der Waals surface area contributed by atoms with Crippen molar-refractivity contribution < 1.29 is 17.9 Å². The van der Waals surface area contributed by atoms with Gasteiger partial charge >= 0.3 is 0 Å². The molecule has 0 aliphatic rings. The summed E-state index contributed by atoms with van der Waals surface area (Å²) in [6, 6.07) is 2.31. The maximum absolute atomic E-state index is 13.3. The summed E-state index contributed by atoms with van der Waals surface area (Å²) in [6.45, 7) is 3.38. The monoisotopic (exact) mass is 290 g/mol. The van der Waals surface area contributed by atoms with Gasteiger partial charge in [-0.3, -0.25) is 0 Å². The molecule has 1 atom stereocenters. The van der Waals surface area contributed by atoms with Crippen molar-refractivity contribution in [3.05, 3.63) is 23.5 Å². The van der Waals surface area contributed by atoms with Crippen molar-refractivity contribution in [3.63, 3.8) is 0 Å². The molecule has 1 aromatic rings. The number of nitrogen functional groups attached to an aromatic ring is 1. The van der Waals surface area contributed by atoms with Gasteiger partial charge in [-0.15, -0.1) is 0 Å². The number of nitrogens with two attached hydrogens (primary N) is 1. The van der Waals surface area contributed by atoms with Gasteiger partial charge in [0, 0.05) is 6.54 Å². The standard InChI is InChI=1S/C12H19FN2O3S/c1-3-9(16)4-5-15-19(17,18)10-6-8(2)12(13)11(14)7-10/h6-7,9,15-16H,3-5,14H2,1-2H3. The van der Waals surface area contributed by atoms with Gasteiger partial charge in [-0.05, 0) is 37.5 Å². The van der Waals surface area contributed by atoms with Crippen LogP contribution < -0.4 is 10.5 Å². The predicted octanol–water partition coefficient (Wildman–Crippen LogP) is 1.16. The van der Waals surface area contributed by atoms with Gasteiger partial charge < -0.3 is 10.8 Å². The molecule has 1 unspecified atom stereocenters. The first kappa shape index (κ1) is 15.9. The number of hydrogen-bond donors (Lipinski definition) is 3. The second-order valence-electron chi connectivity index (χ2n) is 4.39. The summed E-state index contributed by atoms with van der Waals surface area (Å²) in [5.41, 5.74) is 5.38. The molecule has 0 aromatic heterocycles. The zero-order chi connectivity index (χ0) is 14.6. The Morgan fingerprint density at radius 1 is 1.47 bits per heavy atom. The predicted molar refractivity (Wildman–Crippen MR) is 71.7 cm³/mol. The molecule has 0 heterocycles. The van der Waals surface area contributed by atoms with Gasteiger partial charge in [0.2, 0.25) is 10.0 Å². The van der Waals surface area contributed by atoms with E-state index < -0.39 is 21.9 Å². The fraction of sp³-hybridized carbons (Fsp3) is 0.500. The number of aliphatic hydroxyl groups excluding tert-OH is 1. The minimum Gasteiger partial charge on any atom is -0.396 e. The number of rotatable bonds is 6. The summed E-state index contributed by atoms with van der Waals surface area (Å²) in [5, 5.41) is 9.35. The number of benzene rings is 1. The molecule has 0 radical (unpaired) electrons. The van der Waals surface area contributed by atoms with Crippen LogP contribution in [0.2, 0.25) is 0 Å². The lowest BCUT2D eigenvalue weighted by atomic mass is 10.2. The number of anilines is 1. The van der Waals surface area contributed by atoms with Crippen molar-refractivity contribution in [1.29, 1.82) is 0 Å². The molecule has 0 aliphatic heterocycles. The van der Waals surface area contributed by atoms with Crippen LogP contribution in [0.15, 0.2) is 17.0 Å². The Morgan fingerprint density at radius 2 is 2.11 bits per heavy atom. The Morgan fingerprint density at radius 3 is 2.63 bits per heavy atom. The number of aryl methyl sites for hydroxylation is 1. The highest BCUT2D eigenvalue weighted by molar-refractivity contribution is 7.89. The lowest BCUT2D eigenvalue weighted by molar-refractivity contribution is 0.162. The van der Waals surface area contributed by atoms with E-state index >= 15 is 0 Å². The topological polar surface area (TPSA) is 92.4 Å². The molecular weight excluding hydrogens is 271 g/mol. The van der Waals surface area contributed by atoms with Crippen LogP contribution in [-0.4, -0.2) is 26.2 Å². The maximum atomic E-state index is 13.3. The van der Waals surface area contributed by atoms with Crippen molar-refractivity contribution in [3.8, 4) is 0 Å². The summed E-state index contributed by atoms with van der Waals surface area (Å²) >= 11 is 0. The van der Waals surface area contributed by atoms with Gasteiger partial charge in [-0.25, -0.2) is 17.5 Å². The highest BCUT2D eigenvalue weighted by atomic mass is 32.2. The van der Waals surface area contributed by atoms with Gasteiger partial charge in [0.25, 0.3) is 0 Å². The maximum Gasteiger partial charge on any atom is 0.240 e. The number of halogens is 1. The third-order valence-corrected chi connectivity index (χ3v) is 4.25. The number of aliphatic hydroxyl groups is 1. The normalized spacial score (nSPS) is 13.5. The average Bonchev–Trinajstić information content (AvgIpc) is 2.34. The molecule has 0 fully saturated rings. The summed E-state index contributed by atoms with van der Waals surface area (Å²) in [4.78, 5) is -0.0742. The van der Waals surface area contributed by atoms with E-state index in [-0.39, 0.29) is 22.7 Å². The fourth-order valence-corrected chi connectivity index (χ4v) is 2.73. The molecule has 7 heteroatoms. The van der Waals surface area contributed by atoms with Crippen LogP contribution >= 0.6 is 0 Å². The smallest absolute Gasteiger partial charge is 0.240 e. The van der Waals surface area contributed by atoms with Gasteiger partial charge in [-0.1, -0.05) is 6.92 Å². The lowest BCUT2D eigenvalue weighted by Gasteiger charge is -2.11. The summed E-state index contributed by atoms with van der Waals surface area (Å²) in [7, 11) is -3.73. The molecule has 0 saturated carbocycles. The van der Waals surface area contributed by atoms with Crippen molar-refractivity contribution in [2.24, 2.45) is 0 Å². The quantitative estimate of drug-likeness (QED) is 0.685. The van der Waals surface area contributed by atoms with E-state index in [2.05, 4.69) is 4.72 Å². The molecular formula is C12H19FN2O3S. The molecule has 0 spiro atoms. The molecule has 0 aliphatic carbocycles. The van der Waals surface area contributed by atoms with Crippen LogP contribution in [0.1, 0.15) is 25.3 Å². The number of hydrogen-bond acceptors (Lipinski definition) is 4. The fourth-order valence-electron chi connectivity index (χ4n) is 1.57. The van der Waals surface area contributed by atoms with E-state index in [9.17, 15) is 17.9 Å². The van der Waals surface area contributed by atoms with Crippen LogP contribution in [0.25, 0.3) is 0 Å². The SMILES string of the molecule is CCC(O)CCNS(=O)(=O)c1cc(C)c(F)c(N)c1. The molecule has 4 N–H and O–H groups in total. The van der Waals surface area contributed by atoms with Gasteiger partial charge in [-0.2, -0.15) is 0 Å². The Balaban J connectivity index is 2.83. The minimum atomic E-state index is -3.73. The highest BCUT2D eigenvalue weighted by Crippen LogP contribution is 2.20. The van der Waals surface area contributed by atoms with Crippen molar-refractivity contribution >= 4 is 15.7 Å². The van der Waals surface area contributed by atoms with Gasteiger partial charge in [0.15, 0.2) is 0 Å². The van der Waals surface area contributed by atoms with Gasteiger partial charge in [0.05, 0.1) is 16.7 Å². The molecule has 1 aromatic carbocycles. The van der Waals surface area contributed by atoms with E-state index in [0.29, 0.717) is 12.8 Å². The third-order valence-electron chi connectivity index (χ3n) is 2.81. The zero-order valence-electron chi connectivity index (χ0n) is 11.0. The molecule has 19 heavy (non-hydrogen) atoms. The van der Waals surface area contributed by atoms with Crippen LogP contribution in [0, 0.1) is 12.7 Å². The number of sulfonamides is 1. The first-order valence-electron chi connectivity index (χ1n) is 6.01. The molecule has 108 valence electrons. The Bertz CT molecular complexity index is 523. The van der Waals surface area contributed by atoms with Crippen LogP contribution in [0.5, 0.6) is 0 Å². The Labute approximate surface area is 112 Å². The lowest BCUT2D eigenvalue weighted by Crippen LogP contribution is -2.27. The van der Waals surface area contributed by atoms with Crippen LogP contribution in [0.4, 0.5) is 10.1 Å². The Hall–Kier alpha value is -1.18. The van der Waals surface area contributed by atoms with E-state index in [0.717, 1.165) is 6.07 Å². The van der Waals surface area contributed by atoms with E-state index in [1.807, 2.05) is 6.92 Å². The van der Waals surface area contributed by atoms with Gasteiger partial charge in [0.1, 0.15) is 5.82 Å². The van der Waals surface area contributed by atoms with Crippen LogP contribution in [0.3, 0.4) is 0 Å². The Kier molecular flexibility index (Phi) is 5.28. The van der Waals surface area contributed by atoms with E-state index in [4.69, 9.17) is 5.73 Å². The minimum absolute atomic E-state index is 0.0742. The third kappa shape index (κ3) is 4.15. The average molecular weight is 290 g/mol. The second-order valence-corrected chi connectivity index (χ2v) is 6.16. The van der Waals surface area contributed by atoms with Crippen LogP contribution in [-0.2, 0) is 10.0 Å². The molecule has 0 bridgehead atoms. The number of nitrogens with one attached hydrogen (secondary N) is 1. The van der Waals surface area contributed by atoms with E-state index in [1.54, 1.807) is 0 Å². The second kappa shape index (κ2) is 6.31. The first-order chi connectivity index (χ1) is 8.77. The van der Waals surface area contributed by atoms with Crippen molar-refractivity contribution in [2.75, 3.05) is 12.3 Å². The summed E-state index contributed by atoms with van der Waals surface area (Å²) in [5.74, 6) is -0.611. The van der Waals surface area contributed by atoms with Crippen molar-refractivity contribution in [1.82, 2.24) is 4.72 Å². The van der Waals surface area contributed by atoms with Crippen molar-refractivity contribution in [2.45, 2.75) is 37.7 Å². The molecule has 5 nitrogen and oxygen atoms in total.